The maximum absolute atomic E-state index is 6.14. The molecule has 0 spiro atoms. The highest BCUT2D eigenvalue weighted by molar-refractivity contribution is 5.01. The SMILES string of the molecule is CCN(CC)C1CCN(C2(CN)CCC(C)C2)C1. The highest BCUT2D eigenvalue weighted by atomic mass is 15.3. The highest BCUT2D eigenvalue weighted by Crippen LogP contribution is 2.40. The van der Waals surface area contributed by atoms with Gasteiger partial charge in [0.1, 0.15) is 0 Å². The molecular weight excluding hydrogens is 222 g/mol. The van der Waals surface area contributed by atoms with E-state index in [9.17, 15) is 0 Å². The van der Waals surface area contributed by atoms with E-state index in [4.69, 9.17) is 5.73 Å². The third-order valence-electron chi connectivity index (χ3n) is 5.37. The number of likely N-dealkylation sites (N-methyl/N-ethyl adjacent to an activating group) is 1. The van der Waals surface area contributed by atoms with Crippen molar-refractivity contribution in [2.75, 3.05) is 32.7 Å². The van der Waals surface area contributed by atoms with E-state index >= 15 is 0 Å². The number of likely N-dealkylation sites (tertiary alicyclic amines) is 1. The van der Waals surface area contributed by atoms with Crippen LogP contribution in [-0.4, -0.2) is 54.1 Å². The van der Waals surface area contributed by atoms with Gasteiger partial charge in [0.15, 0.2) is 0 Å². The third kappa shape index (κ3) is 2.59. The van der Waals surface area contributed by atoms with Gasteiger partial charge in [-0.2, -0.15) is 0 Å². The van der Waals surface area contributed by atoms with Crippen LogP contribution in [0.3, 0.4) is 0 Å². The van der Waals surface area contributed by atoms with Gasteiger partial charge in [0, 0.05) is 31.2 Å². The van der Waals surface area contributed by atoms with Crippen LogP contribution in [0, 0.1) is 5.92 Å². The molecule has 1 saturated carbocycles. The maximum Gasteiger partial charge on any atom is 0.0335 e. The fourth-order valence-corrected chi connectivity index (χ4v) is 4.18. The van der Waals surface area contributed by atoms with Gasteiger partial charge in [-0.3, -0.25) is 9.80 Å². The average Bonchev–Trinajstić information content (AvgIpc) is 2.99. The number of rotatable bonds is 5. The second kappa shape index (κ2) is 5.89. The van der Waals surface area contributed by atoms with Crippen LogP contribution in [0.15, 0.2) is 0 Å². The van der Waals surface area contributed by atoms with E-state index in [1.54, 1.807) is 0 Å². The van der Waals surface area contributed by atoms with E-state index in [0.29, 0.717) is 5.54 Å². The van der Waals surface area contributed by atoms with Crippen molar-refractivity contribution in [2.24, 2.45) is 11.7 Å². The predicted molar refractivity (Wildman–Crippen MR) is 77.7 cm³/mol. The molecule has 1 aliphatic carbocycles. The Morgan fingerprint density at radius 1 is 1.28 bits per heavy atom. The summed E-state index contributed by atoms with van der Waals surface area (Å²) in [7, 11) is 0. The van der Waals surface area contributed by atoms with Crippen LogP contribution in [0.25, 0.3) is 0 Å². The number of nitrogens with zero attached hydrogens (tertiary/aromatic N) is 2. The molecule has 0 bridgehead atoms. The molecule has 18 heavy (non-hydrogen) atoms. The molecular formula is C15H31N3. The predicted octanol–water partition coefficient (Wildman–Crippen LogP) is 1.92. The molecule has 2 fully saturated rings. The van der Waals surface area contributed by atoms with Gasteiger partial charge >= 0.3 is 0 Å². The van der Waals surface area contributed by atoms with Gasteiger partial charge in [0.05, 0.1) is 0 Å². The van der Waals surface area contributed by atoms with Gasteiger partial charge in [-0.1, -0.05) is 20.8 Å². The summed E-state index contributed by atoms with van der Waals surface area (Å²) < 4.78 is 0. The van der Waals surface area contributed by atoms with E-state index in [0.717, 1.165) is 18.5 Å². The molecule has 106 valence electrons. The number of hydrogen-bond donors (Lipinski definition) is 1. The highest BCUT2D eigenvalue weighted by Gasteiger charge is 2.44. The molecule has 3 atom stereocenters. The summed E-state index contributed by atoms with van der Waals surface area (Å²) >= 11 is 0. The van der Waals surface area contributed by atoms with Crippen molar-refractivity contribution in [2.45, 2.75) is 58.0 Å². The first-order chi connectivity index (χ1) is 8.65. The molecule has 1 aliphatic heterocycles. The van der Waals surface area contributed by atoms with Crippen LogP contribution in [0.4, 0.5) is 0 Å². The van der Waals surface area contributed by atoms with Crippen molar-refractivity contribution in [1.82, 2.24) is 9.80 Å². The third-order valence-corrected chi connectivity index (χ3v) is 5.37. The van der Waals surface area contributed by atoms with Gasteiger partial charge in [0.25, 0.3) is 0 Å². The normalized spacial score (nSPS) is 37.8. The molecule has 0 aromatic rings. The summed E-state index contributed by atoms with van der Waals surface area (Å²) in [6.07, 6.45) is 5.32. The summed E-state index contributed by atoms with van der Waals surface area (Å²) in [5, 5.41) is 0. The standard InChI is InChI=1S/C15H31N3/c1-4-17(5-2)14-7-9-18(11-14)15(12-16)8-6-13(3)10-15/h13-14H,4-12,16H2,1-3H3. The lowest BCUT2D eigenvalue weighted by atomic mass is 9.94. The lowest BCUT2D eigenvalue weighted by molar-refractivity contribution is 0.110. The van der Waals surface area contributed by atoms with Gasteiger partial charge in [0.2, 0.25) is 0 Å². The lowest BCUT2D eigenvalue weighted by Crippen LogP contribution is -2.52. The summed E-state index contributed by atoms with van der Waals surface area (Å²) in [6, 6.07) is 0.763. The monoisotopic (exact) mass is 253 g/mol. The largest absolute Gasteiger partial charge is 0.329 e. The Morgan fingerprint density at radius 3 is 2.50 bits per heavy atom. The Labute approximate surface area is 113 Å². The Kier molecular flexibility index (Phi) is 4.68. The molecule has 0 radical (unpaired) electrons. The zero-order chi connectivity index (χ0) is 13.2. The first kappa shape index (κ1) is 14.3. The van der Waals surface area contributed by atoms with E-state index in [2.05, 4.69) is 30.6 Å². The second-order valence-electron chi connectivity index (χ2n) is 6.39. The minimum atomic E-state index is 0.335. The van der Waals surface area contributed by atoms with Crippen molar-refractivity contribution in [3.63, 3.8) is 0 Å². The maximum atomic E-state index is 6.14. The molecule has 1 saturated heterocycles. The van der Waals surface area contributed by atoms with Crippen LogP contribution in [-0.2, 0) is 0 Å². The van der Waals surface area contributed by atoms with Gasteiger partial charge in [-0.15, -0.1) is 0 Å². The van der Waals surface area contributed by atoms with Crippen LogP contribution in [0.1, 0.15) is 46.5 Å². The van der Waals surface area contributed by atoms with E-state index in [-0.39, 0.29) is 0 Å². The van der Waals surface area contributed by atoms with E-state index in [1.807, 2.05) is 0 Å². The first-order valence-electron chi connectivity index (χ1n) is 7.84. The minimum Gasteiger partial charge on any atom is -0.329 e. The summed E-state index contributed by atoms with van der Waals surface area (Å²) in [5.74, 6) is 0.862. The summed E-state index contributed by atoms with van der Waals surface area (Å²) in [6.45, 7) is 12.7. The van der Waals surface area contributed by atoms with Crippen LogP contribution in [0.5, 0.6) is 0 Å². The van der Waals surface area contributed by atoms with Crippen molar-refractivity contribution < 1.29 is 0 Å². The van der Waals surface area contributed by atoms with Crippen molar-refractivity contribution in [3.05, 3.63) is 0 Å². The molecule has 3 heteroatoms. The van der Waals surface area contributed by atoms with Crippen LogP contribution < -0.4 is 5.73 Å². The zero-order valence-electron chi connectivity index (χ0n) is 12.5. The summed E-state index contributed by atoms with van der Waals surface area (Å²) in [5.41, 5.74) is 6.48. The second-order valence-corrected chi connectivity index (χ2v) is 6.39. The van der Waals surface area contributed by atoms with Crippen molar-refractivity contribution in [3.8, 4) is 0 Å². The van der Waals surface area contributed by atoms with Crippen LogP contribution >= 0.6 is 0 Å². The molecule has 3 nitrogen and oxygen atoms in total. The molecule has 0 aromatic heterocycles. The molecule has 2 rings (SSSR count). The molecule has 2 aliphatic rings. The van der Waals surface area contributed by atoms with Crippen molar-refractivity contribution in [1.29, 1.82) is 0 Å². The van der Waals surface area contributed by atoms with Crippen LogP contribution in [0.2, 0.25) is 0 Å². The number of nitrogens with two attached hydrogens (primary N) is 1. The minimum absolute atomic E-state index is 0.335. The molecule has 3 unspecified atom stereocenters. The van der Waals surface area contributed by atoms with Gasteiger partial charge in [-0.25, -0.2) is 0 Å². The van der Waals surface area contributed by atoms with Gasteiger partial charge < -0.3 is 5.73 Å². The fraction of sp³-hybridized carbons (Fsp3) is 1.00. The van der Waals surface area contributed by atoms with E-state index < -0.39 is 0 Å². The summed E-state index contributed by atoms with van der Waals surface area (Å²) in [4.78, 5) is 5.34. The van der Waals surface area contributed by atoms with Gasteiger partial charge in [-0.05, 0) is 44.7 Å². The number of hydrogen-bond acceptors (Lipinski definition) is 3. The Morgan fingerprint density at radius 2 is 2.00 bits per heavy atom. The van der Waals surface area contributed by atoms with E-state index in [1.165, 1.54) is 51.9 Å². The molecule has 0 amide bonds. The Bertz CT molecular complexity index is 264. The quantitative estimate of drug-likeness (QED) is 0.812. The molecule has 2 N–H and O–H groups in total. The van der Waals surface area contributed by atoms with Crippen molar-refractivity contribution >= 4 is 0 Å². The topological polar surface area (TPSA) is 32.5 Å². The Hall–Kier alpha value is -0.120. The lowest BCUT2D eigenvalue weighted by Gasteiger charge is -2.39. The fourth-order valence-electron chi connectivity index (χ4n) is 4.18. The molecule has 1 heterocycles. The molecule has 0 aromatic carbocycles. The smallest absolute Gasteiger partial charge is 0.0335 e. The Balaban J connectivity index is 1.99. The zero-order valence-corrected chi connectivity index (χ0v) is 12.5. The first-order valence-corrected chi connectivity index (χ1v) is 7.84. The average molecular weight is 253 g/mol.